The van der Waals surface area contributed by atoms with Crippen LogP contribution in [0.4, 0.5) is 5.95 Å². The van der Waals surface area contributed by atoms with Crippen LogP contribution < -0.4 is 21.9 Å². The molecule has 35 heavy (non-hydrogen) atoms. The fraction of sp³-hybridized carbons (Fsp3) is 0.440. The van der Waals surface area contributed by atoms with Gasteiger partial charge in [-0.3, -0.25) is 18.5 Å². The molecule has 1 saturated heterocycles. The number of hydrogen-bond donors (Lipinski definition) is 1. The number of anilines is 1. The number of piperidine rings is 1. The van der Waals surface area contributed by atoms with Crippen molar-refractivity contribution in [3.05, 3.63) is 50.1 Å². The van der Waals surface area contributed by atoms with Gasteiger partial charge in [0.25, 0.3) is 5.56 Å². The Balaban J connectivity index is 0.00000141. The molecule has 4 heterocycles. The normalized spacial score (nSPS) is 15.6. The first kappa shape index (κ1) is 24.7. The topological polar surface area (TPSA) is 104 Å². The number of hydrogen-bond acceptors (Lipinski definition) is 7. The number of benzene rings is 1. The smallest absolute Gasteiger partial charge is 0.332 e. The number of aryl methyl sites for hydroxylation is 1. The van der Waals surface area contributed by atoms with Crippen LogP contribution >= 0.6 is 11.3 Å². The van der Waals surface area contributed by atoms with E-state index >= 15 is 0 Å². The molecule has 5 rings (SSSR count). The van der Waals surface area contributed by atoms with Crippen molar-refractivity contribution in [2.24, 2.45) is 12.8 Å². The van der Waals surface area contributed by atoms with E-state index in [2.05, 4.69) is 21.7 Å². The number of rotatable bonds is 4. The van der Waals surface area contributed by atoms with Gasteiger partial charge in [0, 0.05) is 26.2 Å². The maximum Gasteiger partial charge on any atom is 0.332 e. The minimum absolute atomic E-state index is 0.0452. The highest BCUT2D eigenvalue weighted by Gasteiger charge is 2.26. The number of para-hydroxylation sites is 1. The fourth-order valence-electron chi connectivity index (χ4n) is 4.36. The maximum absolute atomic E-state index is 13.6. The summed E-state index contributed by atoms with van der Waals surface area (Å²) in [6.45, 7) is 7.62. The Morgan fingerprint density at radius 2 is 1.94 bits per heavy atom. The molecule has 9 nitrogen and oxygen atoms in total. The average Bonchev–Trinajstić information content (AvgIpc) is 3.46. The second-order valence-corrected chi connectivity index (χ2v) is 9.37. The summed E-state index contributed by atoms with van der Waals surface area (Å²) in [7, 11) is 1.65. The van der Waals surface area contributed by atoms with Gasteiger partial charge < -0.3 is 10.6 Å². The molecule has 0 bridgehead atoms. The van der Waals surface area contributed by atoms with Crippen molar-refractivity contribution in [2.45, 2.75) is 52.7 Å². The lowest BCUT2D eigenvalue weighted by Crippen LogP contribution is -2.44. The Morgan fingerprint density at radius 3 is 2.66 bits per heavy atom. The van der Waals surface area contributed by atoms with Gasteiger partial charge in [0.05, 0.1) is 23.3 Å². The van der Waals surface area contributed by atoms with Crippen LogP contribution in [-0.2, 0) is 20.1 Å². The minimum Gasteiger partial charge on any atom is -0.341 e. The summed E-state index contributed by atoms with van der Waals surface area (Å²) < 4.78 is 5.52. The van der Waals surface area contributed by atoms with E-state index in [9.17, 15) is 9.59 Å². The summed E-state index contributed by atoms with van der Waals surface area (Å²) in [5.41, 5.74) is 6.98. The molecule has 0 radical (unpaired) electrons. The molecule has 3 aromatic heterocycles. The van der Waals surface area contributed by atoms with E-state index in [0.29, 0.717) is 35.2 Å². The Bertz CT molecular complexity index is 1500. The molecule has 1 aromatic carbocycles. The zero-order valence-corrected chi connectivity index (χ0v) is 21.4. The third kappa shape index (κ3) is 4.61. The van der Waals surface area contributed by atoms with Crippen molar-refractivity contribution in [3.8, 4) is 11.8 Å². The second-order valence-electron chi connectivity index (χ2n) is 8.25. The van der Waals surface area contributed by atoms with Gasteiger partial charge >= 0.3 is 5.69 Å². The molecule has 0 saturated carbocycles. The number of fused-ring (bicyclic) bond motifs is 2. The first-order chi connectivity index (χ1) is 17.0. The van der Waals surface area contributed by atoms with Crippen molar-refractivity contribution >= 4 is 38.7 Å². The highest BCUT2D eigenvalue weighted by atomic mass is 32.1. The van der Waals surface area contributed by atoms with E-state index in [0.717, 1.165) is 29.6 Å². The highest BCUT2D eigenvalue weighted by molar-refractivity contribution is 7.18. The lowest BCUT2D eigenvalue weighted by molar-refractivity contribution is 0.496. The Labute approximate surface area is 207 Å². The maximum atomic E-state index is 13.6. The van der Waals surface area contributed by atoms with E-state index in [4.69, 9.17) is 10.7 Å². The molecule has 0 spiro atoms. The predicted octanol–water partition coefficient (Wildman–Crippen LogP) is 2.53. The molecule has 2 N–H and O–H groups in total. The number of nitrogens with zero attached hydrogens (tertiary/aromatic N) is 6. The summed E-state index contributed by atoms with van der Waals surface area (Å²) in [6, 6.07) is 7.82. The Kier molecular flexibility index (Phi) is 7.38. The van der Waals surface area contributed by atoms with E-state index in [1.165, 1.54) is 20.5 Å². The van der Waals surface area contributed by atoms with Gasteiger partial charge in [0.2, 0.25) is 5.95 Å². The van der Waals surface area contributed by atoms with Gasteiger partial charge in [-0.05, 0) is 31.9 Å². The average molecular weight is 494 g/mol. The predicted molar refractivity (Wildman–Crippen MR) is 142 cm³/mol. The number of aromatic nitrogens is 5. The van der Waals surface area contributed by atoms with Crippen LogP contribution in [0.25, 0.3) is 21.4 Å². The Hall–Kier alpha value is -3.42. The molecule has 1 fully saturated rings. The van der Waals surface area contributed by atoms with Crippen LogP contribution in [0.3, 0.4) is 0 Å². The van der Waals surface area contributed by atoms with E-state index < -0.39 is 5.69 Å². The first-order valence-electron chi connectivity index (χ1n) is 11.9. The summed E-state index contributed by atoms with van der Waals surface area (Å²) in [5, 5.41) is 0.705. The van der Waals surface area contributed by atoms with Gasteiger partial charge in [-0.1, -0.05) is 31.9 Å². The molecule has 4 aromatic rings. The third-order valence-electron chi connectivity index (χ3n) is 6.00. The summed E-state index contributed by atoms with van der Waals surface area (Å²) >= 11 is 1.48. The molecule has 0 aliphatic carbocycles. The largest absolute Gasteiger partial charge is 0.341 e. The minimum atomic E-state index is -0.417. The molecule has 10 heteroatoms. The lowest BCUT2D eigenvalue weighted by Gasteiger charge is -2.31. The van der Waals surface area contributed by atoms with E-state index in [1.807, 2.05) is 42.7 Å². The van der Waals surface area contributed by atoms with Gasteiger partial charge in [-0.2, -0.15) is 4.98 Å². The zero-order valence-electron chi connectivity index (χ0n) is 20.6. The number of imidazole rings is 1. The summed E-state index contributed by atoms with van der Waals surface area (Å²) in [5.74, 6) is 6.58. The molecule has 1 aliphatic rings. The van der Waals surface area contributed by atoms with E-state index in [-0.39, 0.29) is 18.1 Å². The lowest BCUT2D eigenvalue weighted by atomic mass is 10.1. The number of thiazole rings is 1. The molecule has 1 unspecified atom stereocenters. The van der Waals surface area contributed by atoms with Crippen LogP contribution in [0.15, 0.2) is 33.9 Å². The molecule has 0 amide bonds. The van der Waals surface area contributed by atoms with Gasteiger partial charge in [0.1, 0.15) is 5.01 Å². The first-order valence-corrected chi connectivity index (χ1v) is 12.7. The van der Waals surface area contributed by atoms with Crippen molar-refractivity contribution in [2.75, 3.05) is 18.0 Å². The molecular formula is C25H31N7O2S. The van der Waals surface area contributed by atoms with Crippen molar-refractivity contribution < 1.29 is 0 Å². The summed E-state index contributed by atoms with van der Waals surface area (Å²) in [4.78, 5) is 38.2. The van der Waals surface area contributed by atoms with Crippen LogP contribution in [0.1, 0.15) is 38.6 Å². The van der Waals surface area contributed by atoms with Crippen LogP contribution in [0, 0.1) is 11.8 Å². The van der Waals surface area contributed by atoms with Crippen LogP contribution in [0.2, 0.25) is 0 Å². The van der Waals surface area contributed by atoms with Gasteiger partial charge in [-0.15, -0.1) is 17.3 Å². The highest BCUT2D eigenvalue weighted by Crippen LogP contribution is 2.24. The van der Waals surface area contributed by atoms with Crippen LogP contribution in [0.5, 0.6) is 0 Å². The Morgan fingerprint density at radius 1 is 1.17 bits per heavy atom. The zero-order chi connectivity index (χ0) is 25.1. The van der Waals surface area contributed by atoms with Gasteiger partial charge in [0.15, 0.2) is 11.2 Å². The van der Waals surface area contributed by atoms with E-state index in [1.54, 1.807) is 14.0 Å². The molecule has 1 atom stereocenters. The monoisotopic (exact) mass is 493 g/mol. The van der Waals surface area contributed by atoms with Crippen molar-refractivity contribution in [1.29, 1.82) is 0 Å². The quantitative estimate of drug-likeness (QED) is 0.438. The fourth-order valence-corrected chi connectivity index (χ4v) is 5.32. The summed E-state index contributed by atoms with van der Waals surface area (Å²) in [6.07, 6.45) is 1.91. The molecular weight excluding hydrogens is 462 g/mol. The molecule has 184 valence electrons. The standard InChI is InChI=1S/C23H25N7O2S.C2H6/c1-3-4-12-29-19-20(26-22(29)28-11-7-8-15(24)13-28)27(2)23(32)30(21(19)31)14-18-25-16-9-5-6-10-17(16)33-18;1-2/h5-6,9-10,15H,7-8,11-14,24H2,1-2H3;1-2H3. The van der Waals surface area contributed by atoms with Crippen LogP contribution in [-0.4, -0.2) is 42.8 Å². The third-order valence-corrected chi connectivity index (χ3v) is 7.02. The van der Waals surface area contributed by atoms with Gasteiger partial charge in [-0.25, -0.2) is 9.78 Å². The SMILES string of the molecule is CC.CC#CCn1c(N2CCCC(N)C2)nc2c1c(=O)n(Cc1nc3ccccc3s1)c(=O)n2C. The molecule has 1 aliphatic heterocycles. The van der Waals surface area contributed by atoms with Crippen molar-refractivity contribution in [3.63, 3.8) is 0 Å². The number of nitrogens with two attached hydrogens (primary N) is 1. The van der Waals surface area contributed by atoms with Crippen molar-refractivity contribution in [1.82, 2.24) is 23.7 Å². The second kappa shape index (κ2) is 10.5.